The number of hydrogen-bond donors (Lipinski definition) is 2. The lowest BCUT2D eigenvalue weighted by molar-refractivity contribution is -0.221. The van der Waals surface area contributed by atoms with Gasteiger partial charge in [-0.2, -0.15) is 0 Å². The molecule has 188 valence electrons. The van der Waals surface area contributed by atoms with E-state index in [0.29, 0.717) is 0 Å². The Labute approximate surface area is 207 Å². The number of esters is 1. The molecule has 0 amide bonds. The molecule has 1 heterocycles. The number of alkyl halides is 2. The number of halogens is 2. The van der Waals surface area contributed by atoms with Crippen molar-refractivity contribution in [3.8, 4) is 0 Å². The van der Waals surface area contributed by atoms with Crippen molar-refractivity contribution in [3.63, 3.8) is 0 Å². The van der Waals surface area contributed by atoms with Gasteiger partial charge in [0.2, 0.25) is 5.12 Å². The normalized spacial score (nSPS) is 46.3. The molecule has 0 aliphatic heterocycles. The van der Waals surface area contributed by atoms with E-state index in [2.05, 4.69) is 12.6 Å². The van der Waals surface area contributed by atoms with Crippen molar-refractivity contribution in [2.24, 2.45) is 28.6 Å². The molecule has 0 aromatic carbocycles. The fourth-order valence-electron chi connectivity index (χ4n) is 7.83. The lowest BCUT2D eigenvalue weighted by Gasteiger charge is -2.63. The quantitative estimate of drug-likeness (QED) is 0.472. The van der Waals surface area contributed by atoms with Crippen LogP contribution in [-0.2, 0) is 14.3 Å². The smallest absolute Gasteiger partial charge is 0.342 e. The Kier molecular flexibility index (Phi) is 5.32. The summed E-state index contributed by atoms with van der Waals surface area (Å²) in [7, 11) is 0. The fourth-order valence-corrected chi connectivity index (χ4v) is 8.35. The van der Waals surface area contributed by atoms with Gasteiger partial charge in [-0.25, -0.2) is 13.6 Å². The first-order valence-corrected chi connectivity index (χ1v) is 12.2. The number of allylic oxidation sites excluding steroid dienone is 4. The van der Waals surface area contributed by atoms with Crippen molar-refractivity contribution in [2.75, 3.05) is 0 Å². The Balaban J connectivity index is 1.62. The molecule has 9 atom stereocenters. The van der Waals surface area contributed by atoms with E-state index in [9.17, 15) is 19.5 Å². The molecule has 0 bridgehead atoms. The Morgan fingerprint density at radius 3 is 2.60 bits per heavy atom. The van der Waals surface area contributed by atoms with Crippen molar-refractivity contribution >= 4 is 29.5 Å². The number of ether oxygens (including phenoxy) is 1. The second-order valence-electron chi connectivity index (χ2n) is 10.9. The zero-order chi connectivity index (χ0) is 25.6. The van der Waals surface area contributed by atoms with Gasteiger partial charge in [-0.05, 0) is 55.9 Å². The molecule has 0 radical (unpaired) electrons. The number of fused-ring (bicyclic) bond motifs is 5. The van der Waals surface area contributed by atoms with Gasteiger partial charge in [0, 0.05) is 22.7 Å². The van der Waals surface area contributed by atoms with Crippen molar-refractivity contribution in [2.45, 2.75) is 63.6 Å². The van der Waals surface area contributed by atoms with Crippen molar-refractivity contribution in [3.05, 3.63) is 48.0 Å². The molecule has 1 N–H and O–H groups in total. The Morgan fingerprint density at radius 1 is 1.26 bits per heavy atom. The molecular weight excluding hydrogens is 478 g/mol. The number of carbonyl (C=O) groups is 3. The lowest BCUT2D eigenvalue weighted by atomic mass is 9.44. The number of ketones is 1. The van der Waals surface area contributed by atoms with Gasteiger partial charge in [0.25, 0.3) is 0 Å². The molecule has 35 heavy (non-hydrogen) atoms. The summed E-state index contributed by atoms with van der Waals surface area (Å²) in [6.07, 6.45) is 2.81. The third-order valence-corrected chi connectivity index (χ3v) is 9.83. The van der Waals surface area contributed by atoms with E-state index in [0.717, 1.165) is 6.08 Å². The highest BCUT2D eigenvalue weighted by molar-refractivity contribution is 7.96. The highest BCUT2D eigenvalue weighted by Crippen LogP contribution is 2.71. The van der Waals surface area contributed by atoms with E-state index >= 15 is 8.78 Å². The first-order valence-electron chi connectivity index (χ1n) is 11.8. The number of rotatable bonds is 3. The van der Waals surface area contributed by atoms with Crippen LogP contribution in [0.4, 0.5) is 8.78 Å². The number of hydrogen-bond acceptors (Lipinski definition) is 6. The van der Waals surface area contributed by atoms with Crippen molar-refractivity contribution in [1.29, 1.82) is 0 Å². The van der Waals surface area contributed by atoms with Gasteiger partial charge >= 0.3 is 5.97 Å². The van der Waals surface area contributed by atoms with E-state index < -0.39 is 69.0 Å². The molecule has 0 saturated heterocycles. The molecule has 6 nitrogen and oxygen atoms in total. The third-order valence-electron chi connectivity index (χ3n) is 9.50. The van der Waals surface area contributed by atoms with Crippen molar-refractivity contribution in [1.82, 2.24) is 0 Å². The molecule has 5 rings (SSSR count). The minimum atomic E-state index is -2.28. The maximum Gasteiger partial charge on any atom is 0.342 e. The first kappa shape index (κ1) is 24.4. The van der Waals surface area contributed by atoms with E-state index in [1.807, 2.05) is 0 Å². The molecule has 1 aromatic rings. The first-order chi connectivity index (χ1) is 16.3. The summed E-state index contributed by atoms with van der Waals surface area (Å²) in [5, 5.41) is 10.7. The Hall–Kier alpha value is -2.26. The molecule has 4 aliphatic carbocycles. The highest BCUT2D eigenvalue weighted by atomic mass is 32.1. The average molecular weight is 507 g/mol. The monoisotopic (exact) mass is 506 g/mol. The summed E-state index contributed by atoms with van der Waals surface area (Å²) in [6.45, 7) is 4.94. The number of aliphatic hydroxyl groups excluding tert-OH is 1. The SMILES string of the molecule is C[C@@H]1C[C@H]2[C@@H]3C[C@H](F)C4=CC(=O)C=C[C@]4(C)[C@@]3(F)[C@@H](O)C[C@]2(C)[C@@]1(OC(=O)c1ccoc1)C(=O)S. The van der Waals surface area contributed by atoms with E-state index in [1.54, 1.807) is 13.8 Å². The van der Waals surface area contributed by atoms with Crippen LogP contribution in [-0.4, -0.2) is 45.5 Å². The van der Waals surface area contributed by atoms with Crippen LogP contribution >= 0.6 is 12.6 Å². The fraction of sp³-hybridized carbons (Fsp3) is 0.577. The predicted octanol–water partition coefficient (Wildman–Crippen LogP) is 4.20. The van der Waals surface area contributed by atoms with E-state index in [-0.39, 0.29) is 30.4 Å². The molecule has 3 fully saturated rings. The maximum absolute atomic E-state index is 17.3. The molecule has 0 unspecified atom stereocenters. The van der Waals surface area contributed by atoms with Crippen LogP contribution < -0.4 is 0 Å². The molecule has 4 aliphatic rings. The van der Waals surface area contributed by atoms with Crippen LogP contribution in [0.3, 0.4) is 0 Å². The number of carbonyl (C=O) groups excluding carboxylic acids is 3. The zero-order valence-electron chi connectivity index (χ0n) is 19.7. The summed E-state index contributed by atoms with van der Waals surface area (Å²) < 4.78 is 43.7. The predicted molar refractivity (Wildman–Crippen MR) is 124 cm³/mol. The van der Waals surface area contributed by atoms with Gasteiger partial charge in [-0.15, -0.1) is 12.6 Å². The largest absolute Gasteiger partial charge is 0.472 e. The topological polar surface area (TPSA) is 93.8 Å². The summed E-state index contributed by atoms with van der Waals surface area (Å²) in [6, 6.07) is 1.40. The maximum atomic E-state index is 17.3. The summed E-state index contributed by atoms with van der Waals surface area (Å²) >= 11 is 4.12. The van der Waals surface area contributed by atoms with Crippen LogP contribution in [0.5, 0.6) is 0 Å². The third kappa shape index (κ3) is 2.88. The van der Waals surface area contributed by atoms with Crippen LogP contribution in [0.25, 0.3) is 0 Å². The molecule has 3 saturated carbocycles. The van der Waals surface area contributed by atoms with Gasteiger partial charge in [-0.3, -0.25) is 9.59 Å². The van der Waals surface area contributed by atoms with Crippen LogP contribution in [0.15, 0.2) is 46.8 Å². The van der Waals surface area contributed by atoms with Gasteiger partial charge in [-0.1, -0.05) is 19.9 Å². The van der Waals surface area contributed by atoms with Crippen LogP contribution in [0.1, 0.15) is 50.4 Å². The summed E-state index contributed by atoms with van der Waals surface area (Å²) in [4.78, 5) is 38.1. The number of aliphatic hydroxyl groups is 1. The minimum absolute atomic E-state index is 0.0281. The lowest BCUT2D eigenvalue weighted by Crippen LogP contribution is -2.70. The molecule has 9 heteroatoms. The molecule has 1 aromatic heterocycles. The average Bonchev–Trinajstić information content (AvgIpc) is 3.39. The Bertz CT molecular complexity index is 1160. The Morgan fingerprint density at radius 2 is 1.97 bits per heavy atom. The standard InChI is InChI=1S/C26H28F2O6S/c1-13-8-16-17-10-19(27)18-9-15(29)4-6-23(18,2)25(17,28)20(30)11-24(16,3)26(13,22(32)35)34-21(31)14-5-7-33-12-14/h4-7,9,12-13,16-17,19-20,30H,8,10-11H2,1-3H3,(H,32,35)/t13-,16+,17+,19+,20+,23+,24+,25+,26+/m1/s1. The van der Waals surface area contributed by atoms with E-state index in [1.165, 1.54) is 37.7 Å². The van der Waals surface area contributed by atoms with Gasteiger partial charge < -0.3 is 14.3 Å². The van der Waals surface area contributed by atoms with E-state index in [4.69, 9.17) is 9.15 Å². The number of thiol groups is 1. The van der Waals surface area contributed by atoms with Crippen molar-refractivity contribution < 1.29 is 37.4 Å². The van der Waals surface area contributed by atoms with Gasteiger partial charge in [0.15, 0.2) is 17.1 Å². The van der Waals surface area contributed by atoms with Gasteiger partial charge in [0.1, 0.15) is 12.4 Å². The van der Waals surface area contributed by atoms with Crippen LogP contribution in [0, 0.1) is 28.6 Å². The van der Waals surface area contributed by atoms with Gasteiger partial charge in [0.05, 0.1) is 17.9 Å². The number of furan rings is 1. The molecular formula is C26H28F2O6S. The van der Waals surface area contributed by atoms with Crippen LogP contribution in [0.2, 0.25) is 0 Å². The second-order valence-corrected chi connectivity index (χ2v) is 11.3. The summed E-state index contributed by atoms with van der Waals surface area (Å²) in [5.41, 5.74) is -6.66. The molecule has 0 spiro atoms. The second kappa shape index (κ2) is 7.62. The summed E-state index contributed by atoms with van der Waals surface area (Å²) in [5.74, 6) is -3.37. The highest BCUT2D eigenvalue weighted by Gasteiger charge is 2.78. The minimum Gasteiger partial charge on any atom is -0.472 e. The zero-order valence-corrected chi connectivity index (χ0v) is 20.6.